The van der Waals surface area contributed by atoms with Crippen molar-refractivity contribution in [3.8, 4) is 5.88 Å². The van der Waals surface area contributed by atoms with Crippen molar-refractivity contribution in [2.24, 2.45) is 11.3 Å². The summed E-state index contributed by atoms with van der Waals surface area (Å²) in [6, 6.07) is 4.58. The van der Waals surface area contributed by atoms with Crippen molar-refractivity contribution in [1.82, 2.24) is 26.1 Å². The summed E-state index contributed by atoms with van der Waals surface area (Å²) < 4.78 is 5.86. The highest BCUT2D eigenvalue weighted by atomic mass is 16.5. The third-order valence-corrected chi connectivity index (χ3v) is 7.11. The molecule has 1 aliphatic rings. The van der Waals surface area contributed by atoms with Crippen LogP contribution in [0.4, 0.5) is 0 Å². The summed E-state index contributed by atoms with van der Waals surface area (Å²) in [5, 5.41) is 27.5. The molecule has 3 rings (SSSR count). The summed E-state index contributed by atoms with van der Waals surface area (Å²) in [5.74, 6) is -2.41. The van der Waals surface area contributed by atoms with Gasteiger partial charge < -0.3 is 25.6 Å². The number of hydrogen-bond acceptors (Lipinski definition) is 8. The molecule has 4 atom stereocenters. The maximum Gasteiger partial charge on any atom is 0.322 e. The molecule has 0 saturated carbocycles. The zero-order valence-corrected chi connectivity index (χ0v) is 24.4. The van der Waals surface area contributed by atoms with Crippen LogP contribution in [0.15, 0.2) is 30.5 Å². The average molecular weight is 572 g/mol. The second-order valence-corrected chi connectivity index (χ2v) is 11.6. The summed E-state index contributed by atoms with van der Waals surface area (Å²) >= 11 is 0. The number of carbonyl (C=O) groups excluding carboxylic acids is 3. The first-order chi connectivity index (χ1) is 19.2. The molecular weight excluding hydrogens is 530 g/mol. The van der Waals surface area contributed by atoms with Crippen molar-refractivity contribution < 1.29 is 34.1 Å². The first kappa shape index (κ1) is 31.8. The molecule has 2 aromatic rings. The normalized spacial score (nSPS) is 18.0. The van der Waals surface area contributed by atoms with Crippen LogP contribution in [0.1, 0.15) is 66.1 Å². The van der Waals surface area contributed by atoms with Crippen LogP contribution in [0, 0.1) is 11.3 Å². The van der Waals surface area contributed by atoms with Gasteiger partial charge in [0, 0.05) is 24.2 Å². The highest BCUT2D eigenvalue weighted by Gasteiger charge is 2.36. The average Bonchev–Trinajstić information content (AvgIpc) is 2.93. The smallest absolute Gasteiger partial charge is 0.322 e. The third-order valence-electron chi connectivity index (χ3n) is 7.11. The summed E-state index contributed by atoms with van der Waals surface area (Å²) in [6.07, 6.45) is 1.97. The number of nitrogens with zero attached hydrogens (tertiary/aromatic N) is 2. The van der Waals surface area contributed by atoms with Crippen LogP contribution in [-0.2, 0) is 19.2 Å². The number of benzene rings is 1. The van der Waals surface area contributed by atoms with Crippen LogP contribution < -0.4 is 20.8 Å². The number of pyridine rings is 1. The number of aliphatic hydroxyl groups is 1. The van der Waals surface area contributed by atoms with Gasteiger partial charge in [0.1, 0.15) is 24.7 Å². The molecule has 1 saturated heterocycles. The third kappa shape index (κ3) is 8.14. The molecule has 41 heavy (non-hydrogen) atoms. The van der Waals surface area contributed by atoms with E-state index in [4.69, 9.17) is 4.74 Å². The lowest BCUT2D eigenvalue weighted by molar-refractivity contribution is -0.148. The number of aromatic nitrogens is 1. The number of rotatable bonds is 11. The van der Waals surface area contributed by atoms with E-state index in [1.165, 1.54) is 11.9 Å². The minimum absolute atomic E-state index is 0.0138. The van der Waals surface area contributed by atoms with E-state index < -0.39 is 53.3 Å². The Morgan fingerprint density at radius 1 is 1.12 bits per heavy atom. The second kappa shape index (κ2) is 13.3. The van der Waals surface area contributed by atoms with E-state index in [1.54, 1.807) is 46.9 Å². The number of ether oxygens (including phenoxy) is 1. The van der Waals surface area contributed by atoms with Crippen LogP contribution in [0.25, 0.3) is 10.8 Å². The largest absolute Gasteiger partial charge is 0.480 e. The molecule has 0 radical (unpaired) electrons. The summed E-state index contributed by atoms with van der Waals surface area (Å²) in [5.41, 5.74) is 2.42. The maximum atomic E-state index is 13.2. The van der Waals surface area contributed by atoms with Gasteiger partial charge in [-0.3, -0.25) is 24.2 Å². The minimum atomic E-state index is -1.05. The van der Waals surface area contributed by atoms with Crippen LogP contribution in [0.5, 0.6) is 5.88 Å². The topological polar surface area (TPSA) is 170 Å². The summed E-state index contributed by atoms with van der Waals surface area (Å²) in [7, 11) is 0. The monoisotopic (exact) mass is 571 g/mol. The number of aliphatic carboxylic acids is 1. The number of nitrogens with one attached hydrogen (secondary N) is 3. The Morgan fingerprint density at radius 2 is 1.83 bits per heavy atom. The number of hydrogen-bond donors (Lipinski definition) is 5. The molecule has 1 aliphatic heterocycles. The van der Waals surface area contributed by atoms with Crippen molar-refractivity contribution in [3.63, 3.8) is 0 Å². The van der Waals surface area contributed by atoms with Gasteiger partial charge >= 0.3 is 5.97 Å². The van der Waals surface area contributed by atoms with E-state index in [-0.39, 0.29) is 12.5 Å². The zero-order valence-electron chi connectivity index (χ0n) is 24.4. The van der Waals surface area contributed by atoms with Gasteiger partial charge in [-0.25, -0.2) is 10.4 Å². The van der Waals surface area contributed by atoms with Crippen molar-refractivity contribution >= 4 is 34.5 Å². The molecule has 0 aliphatic carbocycles. The number of carbonyl (C=O) groups is 4. The SMILES string of the molecule is CC(NC(=O)C(NC(=O)C(C)(C)COc1cc2cc(C(C)O)ccc2cn1)C(C)C)C(=O)N1CCCC(C(=O)O)N1. The van der Waals surface area contributed by atoms with Crippen LogP contribution in [0.3, 0.4) is 0 Å². The number of carboxylic acids is 1. The summed E-state index contributed by atoms with van der Waals surface area (Å²) in [4.78, 5) is 54.8. The Bertz CT molecular complexity index is 1280. The van der Waals surface area contributed by atoms with Crippen LogP contribution in [-0.4, -0.2) is 75.2 Å². The molecule has 224 valence electrons. The molecule has 12 heteroatoms. The van der Waals surface area contributed by atoms with Gasteiger partial charge in [0.2, 0.25) is 17.7 Å². The van der Waals surface area contributed by atoms with E-state index in [1.807, 2.05) is 18.2 Å². The molecule has 4 unspecified atom stereocenters. The molecule has 1 fully saturated rings. The highest BCUT2D eigenvalue weighted by Crippen LogP contribution is 2.24. The number of aliphatic hydroxyl groups excluding tert-OH is 1. The maximum absolute atomic E-state index is 13.2. The molecular formula is C29H41N5O7. The lowest BCUT2D eigenvalue weighted by Crippen LogP contribution is -2.61. The van der Waals surface area contributed by atoms with Gasteiger partial charge in [-0.1, -0.05) is 26.0 Å². The van der Waals surface area contributed by atoms with Gasteiger partial charge in [0.05, 0.1) is 11.5 Å². The number of amides is 3. The van der Waals surface area contributed by atoms with Gasteiger partial charge in [0.25, 0.3) is 5.91 Å². The van der Waals surface area contributed by atoms with E-state index in [0.29, 0.717) is 25.3 Å². The molecule has 3 amide bonds. The number of carboxylic acid groups (broad SMARTS) is 1. The van der Waals surface area contributed by atoms with Gasteiger partial charge in [-0.2, -0.15) is 0 Å². The lowest BCUT2D eigenvalue weighted by atomic mass is 9.92. The fourth-order valence-electron chi connectivity index (χ4n) is 4.39. The van der Waals surface area contributed by atoms with E-state index >= 15 is 0 Å². The highest BCUT2D eigenvalue weighted by molar-refractivity contribution is 5.93. The fraction of sp³-hybridized carbons (Fsp3) is 0.552. The van der Waals surface area contributed by atoms with Crippen LogP contribution >= 0.6 is 0 Å². The second-order valence-electron chi connectivity index (χ2n) is 11.6. The molecule has 5 N–H and O–H groups in total. The Hall–Kier alpha value is -3.77. The molecule has 0 spiro atoms. The lowest BCUT2D eigenvalue weighted by Gasteiger charge is -2.34. The molecule has 1 aromatic carbocycles. The summed E-state index contributed by atoms with van der Waals surface area (Å²) in [6.45, 7) is 10.5. The van der Waals surface area contributed by atoms with E-state index in [9.17, 15) is 29.4 Å². The van der Waals surface area contributed by atoms with Crippen LogP contribution in [0.2, 0.25) is 0 Å². The van der Waals surface area contributed by atoms with Crippen molar-refractivity contribution in [2.45, 2.75) is 78.6 Å². The van der Waals surface area contributed by atoms with Crippen molar-refractivity contribution in [2.75, 3.05) is 13.2 Å². The standard InChI is InChI=1S/C29H41N5O7/c1-16(2)24(25(36)31-17(3)26(37)34-11-7-8-22(33-34)27(38)39)32-28(40)29(5,6)15-41-23-13-21-12-19(18(4)35)9-10-20(21)14-30-23/h9-10,12-14,16-18,22,24,33,35H,7-8,11,15H2,1-6H3,(H,31,36)(H,32,40)(H,38,39). The number of hydrazine groups is 1. The Kier molecular flexibility index (Phi) is 10.3. The van der Waals surface area contributed by atoms with Crippen molar-refractivity contribution in [3.05, 3.63) is 36.0 Å². The first-order valence-electron chi connectivity index (χ1n) is 13.8. The molecule has 2 heterocycles. The first-order valence-corrected chi connectivity index (χ1v) is 13.8. The van der Waals surface area contributed by atoms with E-state index in [0.717, 1.165) is 16.3 Å². The van der Waals surface area contributed by atoms with Crippen molar-refractivity contribution in [1.29, 1.82) is 0 Å². The predicted octanol–water partition coefficient (Wildman–Crippen LogP) is 1.92. The number of fused-ring (bicyclic) bond motifs is 1. The Labute approximate surface area is 239 Å². The Morgan fingerprint density at radius 3 is 2.46 bits per heavy atom. The minimum Gasteiger partial charge on any atom is -0.480 e. The van der Waals surface area contributed by atoms with Gasteiger partial charge in [-0.05, 0) is 63.5 Å². The molecule has 12 nitrogen and oxygen atoms in total. The predicted molar refractivity (Wildman–Crippen MR) is 152 cm³/mol. The molecule has 1 aromatic heterocycles. The van der Waals surface area contributed by atoms with E-state index in [2.05, 4.69) is 21.0 Å². The zero-order chi connectivity index (χ0) is 30.5. The molecule has 0 bridgehead atoms. The quantitative estimate of drug-likeness (QED) is 0.270. The van der Waals surface area contributed by atoms with Gasteiger partial charge in [0.15, 0.2) is 0 Å². The fourth-order valence-corrected chi connectivity index (χ4v) is 4.39. The van der Waals surface area contributed by atoms with Gasteiger partial charge in [-0.15, -0.1) is 0 Å². The Balaban J connectivity index is 1.60.